The molecule has 5 heteroatoms. The quantitative estimate of drug-likeness (QED) is 0.906. The third-order valence-corrected chi connectivity index (χ3v) is 3.91. The topological polar surface area (TPSA) is 51.2 Å². The summed E-state index contributed by atoms with van der Waals surface area (Å²) in [6.07, 6.45) is 0.446. The molecule has 0 unspecified atom stereocenters. The highest BCUT2D eigenvalue weighted by Crippen LogP contribution is 2.42. The zero-order valence-corrected chi connectivity index (χ0v) is 12.5. The number of β-amino-alcohol motifs (C(OH)–C–C–N with tert-alkyl or cyclic N) is 1. The maximum absolute atomic E-state index is 10.4. The predicted molar refractivity (Wildman–Crippen MR) is 77.0 cm³/mol. The normalized spacial score (nSPS) is 23.4. The number of likely N-dealkylation sites (N-methyl/N-ethyl adjacent to an activating group) is 1. The summed E-state index contributed by atoms with van der Waals surface area (Å²) in [4.78, 5) is 2.13. The molecule has 112 valence electrons. The maximum atomic E-state index is 10.4. The van der Waals surface area contributed by atoms with Gasteiger partial charge in [0.1, 0.15) is 17.2 Å². The van der Waals surface area contributed by atoms with E-state index in [1.807, 2.05) is 19.2 Å². The Morgan fingerprint density at radius 3 is 2.15 bits per heavy atom. The molecule has 0 saturated carbocycles. The second-order valence-electron chi connectivity index (χ2n) is 5.17. The Hall–Kier alpha value is -1.46. The number of hydrogen-bond donors (Lipinski definition) is 1. The molecule has 1 saturated heterocycles. The van der Waals surface area contributed by atoms with Crippen molar-refractivity contribution in [1.29, 1.82) is 0 Å². The van der Waals surface area contributed by atoms with Gasteiger partial charge in [-0.25, -0.2) is 0 Å². The van der Waals surface area contributed by atoms with Crippen LogP contribution in [0.25, 0.3) is 0 Å². The van der Waals surface area contributed by atoms with Crippen LogP contribution in [0.3, 0.4) is 0 Å². The Labute approximate surface area is 120 Å². The average molecular weight is 281 g/mol. The van der Waals surface area contributed by atoms with E-state index >= 15 is 0 Å². The molecule has 2 atom stereocenters. The fourth-order valence-corrected chi connectivity index (χ4v) is 2.82. The van der Waals surface area contributed by atoms with Crippen LogP contribution in [0.15, 0.2) is 12.1 Å². The summed E-state index contributed by atoms with van der Waals surface area (Å²) in [5.74, 6) is 2.11. The standard InChI is InChI=1S/C15H23NO4/c1-16-6-5-11(12(17)9-16)15-13(19-3)7-10(18-2)8-14(15)20-4/h7-8,11-12,17H,5-6,9H2,1-4H3/t11-,12-/m1/s1. The van der Waals surface area contributed by atoms with Crippen molar-refractivity contribution in [2.75, 3.05) is 41.5 Å². The van der Waals surface area contributed by atoms with Gasteiger partial charge in [-0.15, -0.1) is 0 Å². The lowest BCUT2D eigenvalue weighted by Gasteiger charge is -2.35. The predicted octanol–water partition coefficient (Wildman–Crippen LogP) is 1.49. The zero-order chi connectivity index (χ0) is 14.7. The molecular formula is C15H23NO4. The van der Waals surface area contributed by atoms with Crippen molar-refractivity contribution < 1.29 is 19.3 Å². The van der Waals surface area contributed by atoms with Gasteiger partial charge in [-0.2, -0.15) is 0 Å². The molecule has 0 radical (unpaired) electrons. The van der Waals surface area contributed by atoms with Gasteiger partial charge < -0.3 is 24.2 Å². The number of benzene rings is 1. The highest BCUT2D eigenvalue weighted by atomic mass is 16.5. The van der Waals surface area contributed by atoms with E-state index in [4.69, 9.17) is 14.2 Å². The van der Waals surface area contributed by atoms with Crippen LogP contribution in [0, 0.1) is 0 Å². The number of methoxy groups -OCH3 is 3. The first kappa shape index (κ1) is 14.9. The smallest absolute Gasteiger partial charge is 0.129 e. The van der Waals surface area contributed by atoms with Gasteiger partial charge in [-0.05, 0) is 20.0 Å². The van der Waals surface area contributed by atoms with E-state index < -0.39 is 6.10 Å². The lowest BCUT2D eigenvalue weighted by molar-refractivity contribution is 0.0619. The molecule has 1 aromatic rings. The summed E-state index contributed by atoms with van der Waals surface area (Å²) >= 11 is 0. The minimum absolute atomic E-state index is 0.0157. The highest BCUT2D eigenvalue weighted by molar-refractivity contribution is 5.53. The second-order valence-corrected chi connectivity index (χ2v) is 5.17. The maximum Gasteiger partial charge on any atom is 0.129 e. The molecule has 0 aromatic heterocycles. The van der Waals surface area contributed by atoms with Crippen molar-refractivity contribution in [3.05, 3.63) is 17.7 Å². The summed E-state index contributed by atoms with van der Waals surface area (Å²) < 4.78 is 16.2. The molecule has 0 aliphatic carbocycles. The van der Waals surface area contributed by atoms with Crippen molar-refractivity contribution >= 4 is 0 Å². The molecule has 1 aromatic carbocycles. The van der Waals surface area contributed by atoms with E-state index in [0.717, 1.165) is 18.5 Å². The van der Waals surface area contributed by atoms with Crippen LogP contribution < -0.4 is 14.2 Å². The van der Waals surface area contributed by atoms with Crippen LogP contribution >= 0.6 is 0 Å². The molecule has 0 amide bonds. The molecule has 1 heterocycles. The number of aliphatic hydroxyl groups is 1. The van der Waals surface area contributed by atoms with Crippen molar-refractivity contribution in [1.82, 2.24) is 4.90 Å². The van der Waals surface area contributed by atoms with Crippen LogP contribution in [-0.4, -0.2) is 57.6 Å². The SMILES string of the molecule is COc1cc(OC)c([C@@H]2CCN(C)C[C@H]2O)c(OC)c1. The number of piperidine rings is 1. The first-order chi connectivity index (χ1) is 9.60. The Morgan fingerprint density at radius 2 is 1.70 bits per heavy atom. The van der Waals surface area contributed by atoms with Crippen molar-refractivity contribution in [2.24, 2.45) is 0 Å². The van der Waals surface area contributed by atoms with Crippen LogP contribution in [-0.2, 0) is 0 Å². The number of rotatable bonds is 4. The highest BCUT2D eigenvalue weighted by Gasteiger charge is 2.32. The Morgan fingerprint density at radius 1 is 1.10 bits per heavy atom. The van der Waals surface area contributed by atoms with Crippen LogP contribution in [0.1, 0.15) is 17.9 Å². The monoisotopic (exact) mass is 281 g/mol. The Bertz CT molecular complexity index is 438. The van der Waals surface area contributed by atoms with Gasteiger partial charge in [-0.3, -0.25) is 0 Å². The van der Waals surface area contributed by atoms with E-state index in [0.29, 0.717) is 23.8 Å². The largest absolute Gasteiger partial charge is 0.496 e. The molecule has 1 N–H and O–H groups in total. The van der Waals surface area contributed by atoms with Crippen LogP contribution in [0.2, 0.25) is 0 Å². The van der Waals surface area contributed by atoms with Crippen molar-refractivity contribution in [3.8, 4) is 17.2 Å². The van der Waals surface area contributed by atoms with Gasteiger partial charge in [0.25, 0.3) is 0 Å². The number of hydrogen-bond acceptors (Lipinski definition) is 5. The molecule has 2 rings (SSSR count). The van der Waals surface area contributed by atoms with Gasteiger partial charge in [0.05, 0.1) is 27.4 Å². The summed E-state index contributed by atoms with van der Waals surface area (Å²) in [5, 5.41) is 10.4. The number of likely N-dealkylation sites (tertiary alicyclic amines) is 1. The fourth-order valence-electron chi connectivity index (χ4n) is 2.82. The van der Waals surface area contributed by atoms with Gasteiger partial charge in [0, 0.05) is 30.2 Å². The first-order valence-corrected chi connectivity index (χ1v) is 6.77. The van der Waals surface area contributed by atoms with Gasteiger partial charge in [-0.1, -0.05) is 0 Å². The molecule has 0 spiro atoms. The molecule has 20 heavy (non-hydrogen) atoms. The lowest BCUT2D eigenvalue weighted by Crippen LogP contribution is -2.40. The second kappa shape index (κ2) is 6.33. The third kappa shape index (κ3) is 2.83. The van der Waals surface area contributed by atoms with E-state index in [2.05, 4.69) is 4.90 Å². The Balaban J connectivity index is 2.43. The van der Waals surface area contributed by atoms with Crippen molar-refractivity contribution in [2.45, 2.75) is 18.4 Å². The number of nitrogens with zero attached hydrogens (tertiary/aromatic N) is 1. The summed E-state index contributed by atoms with van der Waals surface area (Å²) in [5.41, 5.74) is 0.927. The van der Waals surface area contributed by atoms with Gasteiger partial charge in [0.2, 0.25) is 0 Å². The fraction of sp³-hybridized carbons (Fsp3) is 0.600. The number of ether oxygens (including phenoxy) is 3. The number of aliphatic hydroxyl groups excluding tert-OH is 1. The Kier molecular flexibility index (Phi) is 4.73. The van der Waals surface area contributed by atoms with Crippen LogP contribution in [0.5, 0.6) is 17.2 Å². The molecular weight excluding hydrogens is 258 g/mol. The molecule has 1 aliphatic heterocycles. The first-order valence-electron chi connectivity index (χ1n) is 6.77. The van der Waals surface area contributed by atoms with Crippen LogP contribution in [0.4, 0.5) is 0 Å². The third-order valence-electron chi connectivity index (χ3n) is 3.91. The van der Waals surface area contributed by atoms with E-state index in [1.54, 1.807) is 21.3 Å². The average Bonchev–Trinajstić information content (AvgIpc) is 2.46. The molecule has 1 fully saturated rings. The van der Waals surface area contributed by atoms with Gasteiger partial charge in [0.15, 0.2) is 0 Å². The van der Waals surface area contributed by atoms with Gasteiger partial charge >= 0.3 is 0 Å². The summed E-state index contributed by atoms with van der Waals surface area (Å²) in [6.45, 7) is 1.60. The molecule has 1 aliphatic rings. The van der Waals surface area contributed by atoms with E-state index in [9.17, 15) is 5.11 Å². The summed E-state index contributed by atoms with van der Waals surface area (Å²) in [6, 6.07) is 3.67. The van der Waals surface area contributed by atoms with E-state index in [1.165, 1.54) is 0 Å². The zero-order valence-electron chi connectivity index (χ0n) is 12.5. The molecule has 0 bridgehead atoms. The minimum atomic E-state index is -0.426. The lowest BCUT2D eigenvalue weighted by atomic mass is 9.86. The van der Waals surface area contributed by atoms with E-state index in [-0.39, 0.29) is 5.92 Å². The van der Waals surface area contributed by atoms with Crippen molar-refractivity contribution in [3.63, 3.8) is 0 Å². The summed E-state index contributed by atoms with van der Waals surface area (Å²) in [7, 11) is 6.87. The minimum Gasteiger partial charge on any atom is -0.496 e. The molecule has 5 nitrogen and oxygen atoms in total.